The number of phenolic OH excluding ortho intramolecular Hbond substituents is 1. The Morgan fingerprint density at radius 2 is 2.12 bits per heavy atom. The number of hydrogen-bond donors (Lipinski definition) is 3. The number of benzene rings is 1. The maximum absolute atomic E-state index is 11.3. The minimum atomic E-state index is -1.08. The predicted octanol–water partition coefficient (Wildman–Crippen LogP) is 0.878. The summed E-state index contributed by atoms with van der Waals surface area (Å²) in [5.41, 5.74) is -0.586. The summed E-state index contributed by atoms with van der Waals surface area (Å²) in [4.78, 5) is 11.3. The standard InChI is InChI=1S/C12H14O5/c1-17-10-3-2-7(4-9(10)14)12(11(15)16)5-8(13)6-12/h2-4,8,13-14H,5-6H2,1H3,(H,15,16). The molecule has 5 nitrogen and oxygen atoms in total. The van der Waals surface area contributed by atoms with Gasteiger partial charge in [0.1, 0.15) is 0 Å². The van der Waals surface area contributed by atoms with E-state index in [0.717, 1.165) is 0 Å². The number of aliphatic carboxylic acids is 1. The van der Waals surface area contributed by atoms with Gasteiger partial charge in [-0.3, -0.25) is 4.79 Å². The van der Waals surface area contributed by atoms with Crippen LogP contribution in [0.5, 0.6) is 11.5 Å². The number of aromatic hydroxyl groups is 1. The average molecular weight is 238 g/mol. The summed E-state index contributed by atoms with van der Waals surface area (Å²) < 4.78 is 4.90. The second-order valence-electron chi connectivity index (χ2n) is 4.34. The molecule has 0 heterocycles. The van der Waals surface area contributed by atoms with Crippen LogP contribution in [0.1, 0.15) is 18.4 Å². The Labute approximate surface area is 98.3 Å². The molecule has 0 amide bonds. The third-order valence-corrected chi connectivity index (χ3v) is 3.31. The molecular weight excluding hydrogens is 224 g/mol. The van der Waals surface area contributed by atoms with Gasteiger partial charge in [-0.2, -0.15) is 0 Å². The lowest BCUT2D eigenvalue weighted by Gasteiger charge is -2.42. The zero-order valence-electron chi connectivity index (χ0n) is 9.38. The quantitative estimate of drug-likeness (QED) is 0.727. The molecule has 2 rings (SSSR count). The van der Waals surface area contributed by atoms with E-state index in [-0.39, 0.29) is 18.6 Å². The Morgan fingerprint density at radius 1 is 1.47 bits per heavy atom. The lowest BCUT2D eigenvalue weighted by atomic mass is 9.62. The van der Waals surface area contributed by atoms with Gasteiger partial charge in [0.15, 0.2) is 11.5 Å². The maximum atomic E-state index is 11.3. The highest BCUT2D eigenvalue weighted by molar-refractivity contribution is 5.83. The normalized spacial score (nSPS) is 27.3. The van der Waals surface area contributed by atoms with Crippen molar-refractivity contribution in [3.63, 3.8) is 0 Å². The highest BCUT2D eigenvalue weighted by atomic mass is 16.5. The Hall–Kier alpha value is -1.75. The van der Waals surface area contributed by atoms with Gasteiger partial charge in [0.2, 0.25) is 0 Å². The van der Waals surface area contributed by atoms with Crippen LogP contribution in [-0.2, 0) is 10.2 Å². The van der Waals surface area contributed by atoms with Gasteiger partial charge in [-0.25, -0.2) is 0 Å². The third-order valence-electron chi connectivity index (χ3n) is 3.31. The average Bonchev–Trinajstić information content (AvgIpc) is 2.24. The Kier molecular flexibility index (Phi) is 2.71. The lowest BCUT2D eigenvalue weighted by Crippen LogP contribution is -2.50. The number of hydrogen-bond acceptors (Lipinski definition) is 4. The number of methoxy groups -OCH3 is 1. The van der Waals surface area contributed by atoms with Crippen LogP contribution in [0.3, 0.4) is 0 Å². The fraction of sp³-hybridized carbons (Fsp3) is 0.417. The van der Waals surface area contributed by atoms with E-state index in [1.165, 1.54) is 19.2 Å². The summed E-state index contributed by atoms with van der Waals surface area (Å²) in [6.07, 6.45) is -0.238. The van der Waals surface area contributed by atoms with Gasteiger partial charge in [-0.1, -0.05) is 6.07 Å². The molecule has 0 atom stereocenters. The van der Waals surface area contributed by atoms with Crippen molar-refractivity contribution in [2.45, 2.75) is 24.4 Å². The first-order valence-electron chi connectivity index (χ1n) is 5.28. The molecule has 0 aliphatic heterocycles. The van der Waals surface area contributed by atoms with Gasteiger partial charge in [0.05, 0.1) is 18.6 Å². The molecule has 0 saturated heterocycles. The topological polar surface area (TPSA) is 87.0 Å². The summed E-state index contributed by atoms with van der Waals surface area (Å²) in [7, 11) is 1.43. The van der Waals surface area contributed by atoms with E-state index >= 15 is 0 Å². The molecule has 92 valence electrons. The number of ether oxygens (including phenoxy) is 1. The monoisotopic (exact) mass is 238 g/mol. The van der Waals surface area contributed by atoms with E-state index in [1.54, 1.807) is 6.07 Å². The van der Waals surface area contributed by atoms with Crippen molar-refractivity contribution in [1.82, 2.24) is 0 Å². The Morgan fingerprint density at radius 3 is 2.53 bits per heavy atom. The first-order chi connectivity index (χ1) is 7.99. The molecule has 0 spiro atoms. The first-order valence-corrected chi connectivity index (χ1v) is 5.28. The molecule has 3 N–H and O–H groups in total. The van der Waals surface area contributed by atoms with E-state index in [2.05, 4.69) is 0 Å². The minimum absolute atomic E-state index is 0.0907. The third kappa shape index (κ3) is 1.72. The maximum Gasteiger partial charge on any atom is 0.314 e. The minimum Gasteiger partial charge on any atom is -0.504 e. The van der Waals surface area contributed by atoms with Crippen molar-refractivity contribution < 1.29 is 24.9 Å². The zero-order valence-corrected chi connectivity index (χ0v) is 9.38. The van der Waals surface area contributed by atoms with Crippen molar-refractivity contribution in [2.24, 2.45) is 0 Å². The molecule has 1 aliphatic carbocycles. The number of carboxylic acid groups (broad SMARTS) is 1. The summed E-state index contributed by atoms with van der Waals surface area (Å²) in [5.74, 6) is -0.770. The van der Waals surface area contributed by atoms with E-state index in [4.69, 9.17) is 4.74 Å². The van der Waals surface area contributed by atoms with Crippen LogP contribution in [0.2, 0.25) is 0 Å². The Balaban J connectivity index is 2.39. The van der Waals surface area contributed by atoms with E-state index in [1.807, 2.05) is 0 Å². The van der Waals surface area contributed by atoms with Crippen LogP contribution >= 0.6 is 0 Å². The van der Waals surface area contributed by atoms with Crippen LogP contribution in [0.4, 0.5) is 0 Å². The number of carboxylic acids is 1. The molecule has 1 saturated carbocycles. The second-order valence-corrected chi connectivity index (χ2v) is 4.34. The summed E-state index contributed by atoms with van der Waals surface area (Å²) in [5, 5.41) is 28.2. The van der Waals surface area contributed by atoms with Gasteiger partial charge >= 0.3 is 5.97 Å². The number of carbonyl (C=O) groups is 1. The van der Waals surface area contributed by atoms with Crippen molar-refractivity contribution in [3.05, 3.63) is 23.8 Å². The SMILES string of the molecule is COc1ccc(C2(C(=O)O)CC(O)C2)cc1O. The van der Waals surface area contributed by atoms with Gasteiger partial charge in [-0.05, 0) is 30.5 Å². The van der Waals surface area contributed by atoms with Crippen molar-refractivity contribution in [1.29, 1.82) is 0 Å². The number of rotatable bonds is 3. The van der Waals surface area contributed by atoms with Gasteiger partial charge in [-0.15, -0.1) is 0 Å². The second kappa shape index (κ2) is 3.92. The predicted molar refractivity (Wildman–Crippen MR) is 59.2 cm³/mol. The molecule has 1 fully saturated rings. The zero-order chi connectivity index (χ0) is 12.6. The number of aliphatic hydroxyl groups is 1. The first kappa shape index (κ1) is 11.7. The summed E-state index contributed by atoms with van der Waals surface area (Å²) in [6.45, 7) is 0. The van der Waals surface area contributed by atoms with Gasteiger partial charge in [0.25, 0.3) is 0 Å². The van der Waals surface area contributed by atoms with Crippen molar-refractivity contribution in [2.75, 3.05) is 7.11 Å². The smallest absolute Gasteiger partial charge is 0.314 e. The molecule has 0 aromatic heterocycles. The van der Waals surface area contributed by atoms with E-state index < -0.39 is 17.5 Å². The van der Waals surface area contributed by atoms with Crippen LogP contribution in [-0.4, -0.2) is 34.5 Å². The van der Waals surface area contributed by atoms with Crippen LogP contribution < -0.4 is 4.74 Å². The van der Waals surface area contributed by atoms with Crippen molar-refractivity contribution >= 4 is 5.97 Å². The summed E-state index contributed by atoms with van der Waals surface area (Å²) >= 11 is 0. The van der Waals surface area contributed by atoms with Gasteiger partial charge < -0.3 is 20.1 Å². The van der Waals surface area contributed by atoms with E-state index in [0.29, 0.717) is 11.3 Å². The Bertz CT molecular complexity index is 448. The van der Waals surface area contributed by atoms with Crippen LogP contribution in [0.25, 0.3) is 0 Å². The largest absolute Gasteiger partial charge is 0.504 e. The van der Waals surface area contributed by atoms with Gasteiger partial charge in [0, 0.05) is 0 Å². The molecule has 17 heavy (non-hydrogen) atoms. The molecule has 0 unspecified atom stereocenters. The fourth-order valence-corrected chi connectivity index (χ4v) is 2.27. The molecular formula is C12H14O5. The van der Waals surface area contributed by atoms with E-state index in [9.17, 15) is 20.1 Å². The molecule has 1 aliphatic rings. The molecule has 1 aromatic rings. The highest BCUT2D eigenvalue weighted by Crippen LogP contribution is 2.46. The summed E-state index contributed by atoms with van der Waals surface area (Å²) in [6, 6.07) is 4.53. The highest BCUT2D eigenvalue weighted by Gasteiger charge is 2.51. The molecule has 5 heteroatoms. The van der Waals surface area contributed by atoms with Crippen LogP contribution in [0.15, 0.2) is 18.2 Å². The number of phenols is 1. The molecule has 1 aromatic carbocycles. The molecule has 0 radical (unpaired) electrons. The fourth-order valence-electron chi connectivity index (χ4n) is 2.27. The number of aliphatic hydroxyl groups excluding tert-OH is 1. The van der Waals surface area contributed by atoms with Crippen LogP contribution in [0, 0.1) is 0 Å². The van der Waals surface area contributed by atoms with Crippen molar-refractivity contribution in [3.8, 4) is 11.5 Å². The lowest BCUT2D eigenvalue weighted by molar-refractivity contribution is -0.152. The molecule has 0 bridgehead atoms.